The van der Waals surface area contributed by atoms with E-state index < -0.39 is 11.6 Å². The van der Waals surface area contributed by atoms with E-state index in [0.717, 1.165) is 38.5 Å². The smallest absolute Gasteiger partial charge is 0.219 e. The maximum Gasteiger partial charge on any atom is 0.219 e. The summed E-state index contributed by atoms with van der Waals surface area (Å²) in [4.78, 5) is 15.5. The highest BCUT2D eigenvalue weighted by Gasteiger charge is 2.39. The van der Waals surface area contributed by atoms with E-state index in [0.29, 0.717) is 30.5 Å². The molecule has 2 saturated heterocycles. The summed E-state index contributed by atoms with van der Waals surface area (Å²) in [6.07, 6.45) is 1.89. The molecule has 0 radical (unpaired) electrons. The van der Waals surface area contributed by atoms with Gasteiger partial charge in [0.1, 0.15) is 0 Å². The third-order valence-corrected chi connectivity index (χ3v) is 5.82. The molecule has 3 rings (SSSR count). The molecule has 2 heterocycles. The molecule has 0 aliphatic carbocycles. The lowest BCUT2D eigenvalue weighted by Crippen LogP contribution is -2.40. The van der Waals surface area contributed by atoms with Crippen LogP contribution in [0.5, 0.6) is 0 Å². The summed E-state index contributed by atoms with van der Waals surface area (Å²) < 4.78 is 27.3. The molecule has 4 nitrogen and oxygen atoms in total. The molecule has 0 bridgehead atoms. The average molecular weight is 352 g/mol. The molecule has 2 fully saturated rings. The van der Waals surface area contributed by atoms with Crippen LogP contribution in [-0.2, 0) is 11.3 Å². The molecule has 2 aliphatic heterocycles. The zero-order valence-corrected chi connectivity index (χ0v) is 14.6. The Morgan fingerprint density at radius 2 is 1.96 bits per heavy atom. The van der Waals surface area contributed by atoms with E-state index in [9.17, 15) is 18.7 Å². The molecular weight excluding hydrogens is 326 g/mol. The zero-order valence-electron chi connectivity index (χ0n) is 14.6. The molecule has 0 spiro atoms. The fourth-order valence-corrected chi connectivity index (χ4v) is 4.40. The Kier molecular flexibility index (Phi) is 5.69. The van der Waals surface area contributed by atoms with E-state index in [-0.39, 0.29) is 18.4 Å². The molecule has 138 valence electrons. The Balaban J connectivity index is 1.63. The van der Waals surface area contributed by atoms with Crippen LogP contribution in [0.4, 0.5) is 8.78 Å². The molecular formula is C19H26F2N2O2. The number of aliphatic hydroxyl groups excluding tert-OH is 1. The number of amides is 1. The molecule has 25 heavy (non-hydrogen) atoms. The minimum atomic E-state index is -0.816. The minimum Gasteiger partial charge on any atom is -0.396 e. The normalized spacial score (nSPS) is 25.5. The Labute approximate surface area is 147 Å². The van der Waals surface area contributed by atoms with Crippen LogP contribution >= 0.6 is 0 Å². The monoisotopic (exact) mass is 352 g/mol. The maximum absolute atomic E-state index is 13.9. The number of rotatable bonds is 4. The molecule has 2 aliphatic rings. The molecule has 0 aromatic heterocycles. The van der Waals surface area contributed by atoms with Gasteiger partial charge in [-0.05, 0) is 36.7 Å². The average Bonchev–Trinajstić information content (AvgIpc) is 3.02. The van der Waals surface area contributed by atoms with Crippen molar-refractivity contribution >= 4 is 5.91 Å². The first-order valence-corrected chi connectivity index (χ1v) is 9.01. The first-order chi connectivity index (χ1) is 12.0. The van der Waals surface area contributed by atoms with Gasteiger partial charge in [0.05, 0.1) is 0 Å². The predicted octanol–water partition coefficient (Wildman–Crippen LogP) is 2.26. The lowest BCUT2D eigenvalue weighted by molar-refractivity contribution is -0.130. The number of likely N-dealkylation sites (tertiary alicyclic amines) is 2. The molecule has 0 saturated carbocycles. The Bertz CT molecular complexity index is 617. The number of nitrogens with zero attached hydrogens (tertiary/aromatic N) is 2. The van der Waals surface area contributed by atoms with Crippen LogP contribution in [0.3, 0.4) is 0 Å². The summed E-state index contributed by atoms with van der Waals surface area (Å²) in [6.45, 7) is 5.10. The van der Waals surface area contributed by atoms with Crippen LogP contribution in [0.15, 0.2) is 18.2 Å². The first-order valence-electron chi connectivity index (χ1n) is 9.01. The zero-order chi connectivity index (χ0) is 18.0. The van der Waals surface area contributed by atoms with Crippen molar-refractivity contribution in [1.29, 1.82) is 0 Å². The minimum absolute atomic E-state index is 0.111. The quantitative estimate of drug-likeness (QED) is 0.904. The van der Waals surface area contributed by atoms with E-state index in [4.69, 9.17) is 0 Å². The van der Waals surface area contributed by atoms with Gasteiger partial charge in [-0.15, -0.1) is 0 Å². The lowest BCUT2D eigenvalue weighted by Gasteiger charge is -2.36. The Morgan fingerprint density at radius 3 is 2.60 bits per heavy atom. The van der Waals surface area contributed by atoms with Gasteiger partial charge in [-0.25, -0.2) is 8.78 Å². The fraction of sp³-hybridized carbons (Fsp3) is 0.632. The van der Waals surface area contributed by atoms with Gasteiger partial charge in [-0.1, -0.05) is 12.1 Å². The van der Waals surface area contributed by atoms with Crippen molar-refractivity contribution in [3.8, 4) is 0 Å². The van der Waals surface area contributed by atoms with Crippen molar-refractivity contribution in [3.05, 3.63) is 35.4 Å². The number of halogens is 2. The van der Waals surface area contributed by atoms with E-state index >= 15 is 0 Å². The van der Waals surface area contributed by atoms with Gasteiger partial charge in [0, 0.05) is 51.8 Å². The van der Waals surface area contributed by atoms with Gasteiger partial charge in [0.25, 0.3) is 0 Å². The summed E-state index contributed by atoms with van der Waals surface area (Å²) in [5.41, 5.74) is 0.365. The second kappa shape index (κ2) is 7.79. The SMILES string of the molecule is CC(=O)N1CCC([C@@H]2CN(Cc3cccc(F)c3F)C[C@H]2CO)CC1. The topological polar surface area (TPSA) is 43.8 Å². The van der Waals surface area contributed by atoms with Crippen LogP contribution in [-0.4, -0.2) is 53.6 Å². The highest BCUT2D eigenvalue weighted by molar-refractivity contribution is 5.73. The lowest BCUT2D eigenvalue weighted by atomic mass is 9.79. The summed E-state index contributed by atoms with van der Waals surface area (Å²) in [5, 5.41) is 9.76. The summed E-state index contributed by atoms with van der Waals surface area (Å²) in [7, 11) is 0. The van der Waals surface area contributed by atoms with E-state index in [1.54, 1.807) is 13.0 Å². The summed E-state index contributed by atoms with van der Waals surface area (Å²) in [5.74, 6) is -0.507. The van der Waals surface area contributed by atoms with Gasteiger partial charge in [-0.3, -0.25) is 9.69 Å². The molecule has 1 aromatic rings. The third kappa shape index (κ3) is 4.01. The highest BCUT2D eigenvalue weighted by atomic mass is 19.2. The van der Waals surface area contributed by atoms with Crippen molar-refractivity contribution in [1.82, 2.24) is 9.80 Å². The number of carbonyl (C=O) groups excluding carboxylic acids is 1. The fourth-order valence-electron chi connectivity index (χ4n) is 4.40. The van der Waals surface area contributed by atoms with Gasteiger partial charge in [0.2, 0.25) is 5.91 Å². The largest absolute Gasteiger partial charge is 0.396 e. The van der Waals surface area contributed by atoms with E-state index in [1.165, 1.54) is 6.07 Å². The summed E-state index contributed by atoms with van der Waals surface area (Å²) >= 11 is 0. The highest BCUT2D eigenvalue weighted by Crippen LogP contribution is 2.36. The number of benzene rings is 1. The van der Waals surface area contributed by atoms with Crippen molar-refractivity contribution < 1.29 is 18.7 Å². The van der Waals surface area contributed by atoms with Crippen molar-refractivity contribution in [2.45, 2.75) is 26.3 Å². The molecule has 6 heteroatoms. The van der Waals surface area contributed by atoms with Crippen LogP contribution in [0.25, 0.3) is 0 Å². The Hall–Kier alpha value is -1.53. The van der Waals surface area contributed by atoms with E-state index in [2.05, 4.69) is 4.90 Å². The number of hydrogen-bond acceptors (Lipinski definition) is 3. The van der Waals surface area contributed by atoms with Gasteiger partial charge < -0.3 is 10.0 Å². The van der Waals surface area contributed by atoms with E-state index in [1.807, 2.05) is 4.90 Å². The third-order valence-electron chi connectivity index (χ3n) is 5.82. The van der Waals surface area contributed by atoms with Crippen molar-refractivity contribution in [2.75, 3.05) is 32.8 Å². The van der Waals surface area contributed by atoms with Crippen LogP contribution < -0.4 is 0 Å². The predicted molar refractivity (Wildman–Crippen MR) is 90.7 cm³/mol. The number of hydrogen-bond donors (Lipinski definition) is 1. The molecule has 1 aromatic carbocycles. The van der Waals surface area contributed by atoms with Crippen molar-refractivity contribution in [3.63, 3.8) is 0 Å². The van der Waals surface area contributed by atoms with Crippen LogP contribution in [0, 0.1) is 29.4 Å². The molecule has 1 N–H and O–H groups in total. The van der Waals surface area contributed by atoms with Gasteiger partial charge in [-0.2, -0.15) is 0 Å². The Morgan fingerprint density at radius 1 is 1.24 bits per heavy atom. The van der Waals surface area contributed by atoms with Gasteiger partial charge >= 0.3 is 0 Å². The molecule has 2 atom stereocenters. The van der Waals surface area contributed by atoms with Crippen LogP contribution in [0.2, 0.25) is 0 Å². The standard InChI is InChI=1S/C19H26F2N2O2/c1-13(25)23-7-5-14(6-8-23)17-11-22(10-16(17)12-24)9-15-3-2-4-18(20)19(15)21/h2-4,14,16-17,24H,5-12H2,1H3/t16-,17-/m0/s1. The maximum atomic E-state index is 13.9. The second-order valence-corrected chi connectivity index (χ2v) is 7.36. The number of piperidine rings is 1. The number of aliphatic hydroxyl groups is 1. The van der Waals surface area contributed by atoms with Crippen molar-refractivity contribution in [2.24, 2.45) is 17.8 Å². The van der Waals surface area contributed by atoms with Crippen LogP contribution in [0.1, 0.15) is 25.3 Å². The molecule has 0 unspecified atom stereocenters. The van der Waals surface area contributed by atoms with Gasteiger partial charge in [0.15, 0.2) is 11.6 Å². The first kappa shape index (κ1) is 18.3. The second-order valence-electron chi connectivity index (χ2n) is 7.36. The number of carbonyl (C=O) groups is 1. The summed E-state index contributed by atoms with van der Waals surface area (Å²) in [6, 6.07) is 4.28. The molecule has 1 amide bonds.